The van der Waals surface area contributed by atoms with Crippen LogP contribution in [-0.2, 0) is 6.42 Å². The van der Waals surface area contributed by atoms with Gasteiger partial charge in [-0.05, 0) is 25.3 Å². The fraction of sp³-hybridized carbons (Fsp3) is 0.615. The van der Waals surface area contributed by atoms with Gasteiger partial charge in [-0.1, -0.05) is 19.3 Å². The predicted octanol–water partition coefficient (Wildman–Crippen LogP) is 3.36. The normalized spacial score (nSPS) is 24.1. The number of furan rings is 1. The summed E-state index contributed by atoms with van der Waals surface area (Å²) in [4.78, 5) is 12.4. The molecule has 80 valence electrons. The molecule has 0 atom stereocenters. The summed E-state index contributed by atoms with van der Waals surface area (Å²) < 4.78 is 5.34. The quantitative estimate of drug-likeness (QED) is 0.648. The summed E-state index contributed by atoms with van der Waals surface area (Å²) in [6.07, 6.45) is 9.54. The number of rotatable bonds is 0. The molecule has 0 amide bonds. The van der Waals surface area contributed by atoms with Crippen molar-refractivity contribution in [3.8, 4) is 0 Å². The van der Waals surface area contributed by atoms with E-state index < -0.39 is 0 Å². The monoisotopic (exact) mass is 204 g/mol. The predicted molar refractivity (Wildman–Crippen MR) is 56.9 cm³/mol. The van der Waals surface area contributed by atoms with Gasteiger partial charge in [0.1, 0.15) is 5.76 Å². The van der Waals surface area contributed by atoms with Gasteiger partial charge < -0.3 is 4.42 Å². The van der Waals surface area contributed by atoms with Crippen LogP contribution in [0.15, 0.2) is 16.7 Å². The second-order valence-corrected chi connectivity index (χ2v) is 4.93. The molecule has 1 fully saturated rings. The van der Waals surface area contributed by atoms with Crippen molar-refractivity contribution < 1.29 is 9.21 Å². The number of hydrogen-bond donors (Lipinski definition) is 0. The van der Waals surface area contributed by atoms with Gasteiger partial charge in [-0.3, -0.25) is 4.79 Å². The van der Waals surface area contributed by atoms with Crippen LogP contribution in [0.5, 0.6) is 0 Å². The maximum atomic E-state index is 12.4. The molecule has 15 heavy (non-hydrogen) atoms. The Hall–Kier alpha value is -1.05. The Labute approximate surface area is 89.7 Å². The summed E-state index contributed by atoms with van der Waals surface area (Å²) in [6, 6.07) is 1.85. The first-order valence-electron chi connectivity index (χ1n) is 5.93. The fourth-order valence-electron chi connectivity index (χ4n) is 3.19. The van der Waals surface area contributed by atoms with Crippen molar-refractivity contribution in [3.63, 3.8) is 0 Å². The summed E-state index contributed by atoms with van der Waals surface area (Å²) in [7, 11) is 0. The van der Waals surface area contributed by atoms with Crippen LogP contribution in [0.4, 0.5) is 0 Å². The van der Waals surface area contributed by atoms with Gasteiger partial charge in [0, 0.05) is 11.8 Å². The molecule has 0 aromatic carbocycles. The Bertz CT molecular complexity index is 383. The molecule has 0 N–H and O–H groups in total. The molecular weight excluding hydrogens is 188 g/mol. The van der Waals surface area contributed by atoms with E-state index in [0.29, 0.717) is 5.78 Å². The lowest BCUT2D eigenvalue weighted by atomic mass is 9.64. The summed E-state index contributed by atoms with van der Waals surface area (Å²) >= 11 is 0. The third-order valence-electron chi connectivity index (χ3n) is 4.11. The van der Waals surface area contributed by atoms with Crippen LogP contribution in [0.1, 0.15) is 54.6 Å². The SMILES string of the molecule is O=C1c2ccoc2CCC12CCCCC2. The zero-order valence-corrected chi connectivity index (χ0v) is 8.92. The molecule has 1 heterocycles. The number of ketones is 1. The van der Waals surface area contributed by atoms with Crippen molar-refractivity contribution in [2.24, 2.45) is 5.41 Å². The third kappa shape index (κ3) is 1.27. The smallest absolute Gasteiger partial charge is 0.172 e. The molecular formula is C13H16O2. The topological polar surface area (TPSA) is 30.2 Å². The van der Waals surface area contributed by atoms with Crippen LogP contribution >= 0.6 is 0 Å². The highest BCUT2D eigenvalue weighted by molar-refractivity contribution is 6.02. The van der Waals surface area contributed by atoms with E-state index in [4.69, 9.17) is 4.42 Å². The number of Topliss-reactive ketones (excluding diaryl/α,β-unsaturated/α-hetero) is 1. The molecule has 3 rings (SSSR count). The van der Waals surface area contributed by atoms with E-state index in [0.717, 1.165) is 37.0 Å². The second kappa shape index (κ2) is 3.22. The average Bonchev–Trinajstić information content (AvgIpc) is 2.74. The summed E-state index contributed by atoms with van der Waals surface area (Å²) in [5.41, 5.74) is 0.845. The largest absolute Gasteiger partial charge is 0.469 e. The first kappa shape index (κ1) is 9.20. The maximum Gasteiger partial charge on any atom is 0.172 e. The van der Waals surface area contributed by atoms with E-state index >= 15 is 0 Å². The fourth-order valence-corrected chi connectivity index (χ4v) is 3.19. The van der Waals surface area contributed by atoms with E-state index in [-0.39, 0.29) is 5.41 Å². The second-order valence-electron chi connectivity index (χ2n) is 4.93. The van der Waals surface area contributed by atoms with Crippen molar-refractivity contribution in [1.82, 2.24) is 0 Å². The first-order chi connectivity index (χ1) is 7.32. The van der Waals surface area contributed by atoms with E-state index in [9.17, 15) is 4.79 Å². The molecule has 1 aromatic heterocycles. The summed E-state index contributed by atoms with van der Waals surface area (Å²) in [6.45, 7) is 0. The molecule has 2 aliphatic rings. The third-order valence-corrected chi connectivity index (χ3v) is 4.11. The molecule has 0 aliphatic heterocycles. The summed E-state index contributed by atoms with van der Waals surface area (Å²) in [5.74, 6) is 1.27. The van der Waals surface area contributed by atoms with Crippen LogP contribution in [0.25, 0.3) is 0 Å². The Morgan fingerprint density at radius 3 is 2.73 bits per heavy atom. The van der Waals surface area contributed by atoms with Crippen molar-refractivity contribution in [3.05, 3.63) is 23.7 Å². The van der Waals surface area contributed by atoms with E-state index in [1.165, 1.54) is 19.3 Å². The standard InChI is InChI=1S/C13H16O2/c14-12-10-5-9-15-11(10)4-8-13(12)6-2-1-3-7-13/h5,9H,1-4,6-8H2. The van der Waals surface area contributed by atoms with Crippen LogP contribution in [0.2, 0.25) is 0 Å². The lowest BCUT2D eigenvalue weighted by Gasteiger charge is -2.38. The van der Waals surface area contributed by atoms with E-state index in [1.807, 2.05) is 6.07 Å². The number of fused-ring (bicyclic) bond motifs is 1. The Balaban J connectivity index is 1.98. The minimum absolute atomic E-state index is 0.0187. The van der Waals surface area contributed by atoms with Crippen molar-refractivity contribution in [2.45, 2.75) is 44.9 Å². The highest BCUT2D eigenvalue weighted by Crippen LogP contribution is 2.46. The van der Waals surface area contributed by atoms with E-state index in [2.05, 4.69) is 0 Å². The summed E-state index contributed by atoms with van der Waals surface area (Å²) in [5, 5.41) is 0. The van der Waals surface area contributed by atoms with E-state index in [1.54, 1.807) is 6.26 Å². The van der Waals surface area contributed by atoms with Crippen molar-refractivity contribution in [1.29, 1.82) is 0 Å². The minimum Gasteiger partial charge on any atom is -0.469 e. The van der Waals surface area contributed by atoms with Crippen molar-refractivity contribution >= 4 is 5.78 Å². The molecule has 1 spiro atoms. The molecule has 1 aromatic rings. The Morgan fingerprint density at radius 2 is 1.93 bits per heavy atom. The van der Waals surface area contributed by atoms with Gasteiger partial charge in [0.25, 0.3) is 0 Å². The van der Waals surface area contributed by atoms with Crippen molar-refractivity contribution in [2.75, 3.05) is 0 Å². The van der Waals surface area contributed by atoms with Gasteiger partial charge in [0.2, 0.25) is 0 Å². The average molecular weight is 204 g/mol. The zero-order chi connectivity index (χ0) is 10.3. The van der Waals surface area contributed by atoms with Gasteiger partial charge >= 0.3 is 0 Å². The van der Waals surface area contributed by atoms with Crippen LogP contribution < -0.4 is 0 Å². The number of aryl methyl sites for hydroxylation is 1. The molecule has 1 saturated carbocycles. The van der Waals surface area contributed by atoms with Crippen LogP contribution in [0, 0.1) is 5.41 Å². The maximum absolute atomic E-state index is 12.4. The van der Waals surface area contributed by atoms with Crippen LogP contribution in [-0.4, -0.2) is 5.78 Å². The zero-order valence-electron chi connectivity index (χ0n) is 8.92. The molecule has 2 heteroatoms. The molecule has 0 unspecified atom stereocenters. The molecule has 0 saturated heterocycles. The molecule has 0 bridgehead atoms. The highest BCUT2D eigenvalue weighted by atomic mass is 16.3. The number of hydrogen-bond acceptors (Lipinski definition) is 2. The van der Waals surface area contributed by atoms with Gasteiger partial charge in [0.05, 0.1) is 11.8 Å². The lowest BCUT2D eigenvalue weighted by molar-refractivity contribution is 0.0660. The number of carbonyl (C=O) groups is 1. The van der Waals surface area contributed by atoms with Gasteiger partial charge in [-0.15, -0.1) is 0 Å². The Kier molecular flexibility index (Phi) is 1.98. The van der Waals surface area contributed by atoms with Crippen LogP contribution in [0.3, 0.4) is 0 Å². The molecule has 0 radical (unpaired) electrons. The molecule has 2 nitrogen and oxygen atoms in total. The lowest BCUT2D eigenvalue weighted by Crippen LogP contribution is -2.37. The van der Waals surface area contributed by atoms with Gasteiger partial charge in [-0.25, -0.2) is 0 Å². The van der Waals surface area contributed by atoms with Gasteiger partial charge in [0.15, 0.2) is 5.78 Å². The highest BCUT2D eigenvalue weighted by Gasteiger charge is 2.43. The molecule has 2 aliphatic carbocycles. The Morgan fingerprint density at radius 1 is 1.13 bits per heavy atom. The van der Waals surface area contributed by atoms with Gasteiger partial charge in [-0.2, -0.15) is 0 Å². The number of carbonyl (C=O) groups excluding carboxylic acids is 1. The first-order valence-corrected chi connectivity index (χ1v) is 5.93. The minimum atomic E-state index is -0.0187.